The van der Waals surface area contributed by atoms with E-state index >= 15 is 0 Å². The van der Waals surface area contributed by atoms with Gasteiger partial charge in [0.1, 0.15) is 0 Å². The maximum Gasteiger partial charge on any atom is 0.422 e. The fraction of sp³-hybridized carbons (Fsp3) is 1.00. The maximum absolute atomic E-state index is 11.8. The minimum Gasteiger partial charge on any atom is -0.319 e. The van der Waals surface area contributed by atoms with Gasteiger partial charge in [-0.05, 0) is 27.5 Å². The molecule has 0 aromatic rings. The molecule has 0 saturated carbocycles. The van der Waals surface area contributed by atoms with Gasteiger partial charge in [-0.25, -0.2) is 0 Å². The summed E-state index contributed by atoms with van der Waals surface area (Å²) in [5.74, 6) is 0. The van der Waals surface area contributed by atoms with Crippen LogP contribution in [0.2, 0.25) is 6.32 Å². The van der Waals surface area contributed by atoms with E-state index in [1.807, 2.05) is 28.1 Å². The maximum atomic E-state index is 11.8. The van der Waals surface area contributed by atoms with Crippen molar-refractivity contribution in [2.24, 2.45) is 0 Å². The highest BCUT2D eigenvalue weighted by atomic mass is 127. The van der Waals surface area contributed by atoms with Crippen molar-refractivity contribution in [3.8, 4) is 0 Å². The summed E-state index contributed by atoms with van der Waals surface area (Å²) in [7, 11) is 1.23. The van der Waals surface area contributed by atoms with Gasteiger partial charge in [0.15, 0.2) is 0 Å². The first kappa shape index (κ1) is 7.07. The third-order valence-corrected chi connectivity index (χ3v) is 2.60. The van der Waals surface area contributed by atoms with Crippen LogP contribution in [-0.4, -0.2) is 6.27 Å². The van der Waals surface area contributed by atoms with E-state index in [9.17, 15) is 4.32 Å². The van der Waals surface area contributed by atoms with Crippen molar-refractivity contribution in [3.05, 3.63) is 0 Å². The lowest BCUT2D eigenvalue weighted by atomic mass is 10.00. The molecule has 0 N–H and O–H groups in total. The average molecular weight is 218 g/mol. The van der Waals surface area contributed by atoms with E-state index in [0.717, 1.165) is 0 Å². The van der Waals surface area contributed by atoms with Gasteiger partial charge < -0.3 is 4.32 Å². The molecular weight excluding hydrogens is 213 g/mol. The van der Waals surface area contributed by atoms with Gasteiger partial charge in [-0.3, -0.25) is 0 Å². The van der Waals surface area contributed by atoms with Crippen molar-refractivity contribution in [1.29, 1.82) is 0 Å². The summed E-state index contributed by atoms with van der Waals surface area (Å²) in [5, 5.41) is 0. The van der Waals surface area contributed by atoms with Crippen LogP contribution in [0.4, 0.5) is 4.32 Å². The molecule has 0 unspecified atom stereocenters. The molecule has 0 aliphatic carbocycles. The molecule has 0 saturated heterocycles. The SMILES string of the molecule is CCB(F)SI. The topological polar surface area (TPSA) is 0 Å². The third-order valence-electron chi connectivity index (χ3n) is 0.418. The summed E-state index contributed by atoms with van der Waals surface area (Å²) >= 11 is 1.96. The molecule has 0 amide bonds. The second-order valence-electron chi connectivity index (χ2n) is 0.907. The standard InChI is InChI=1S/C2H5BFIS/c1-2-3(4)6-5/h2H2,1H3. The Hall–Kier alpha value is 1.07. The van der Waals surface area contributed by atoms with Gasteiger partial charge >= 0.3 is 6.27 Å². The van der Waals surface area contributed by atoms with Crippen molar-refractivity contribution in [2.75, 3.05) is 0 Å². The van der Waals surface area contributed by atoms with Crippen molar-refractivity contribution in [3.63, 3.8) is 0 Å². The Morgan fingerprint density at radius 1 is 2.00 bits per heavy atom. The van der Waals surface area contributed by atoms with Gasteiger partial charge in [-0.1, -0.05) is 15.7 Å². The first-order valence-electron chi connectivity index (χ1n) is 1.72. The molecular formula is C2H5BFIS. The Morgan fingerprint density at radius 2 is 2.50 bits per heavy atom. The van der Waals surface area contributed by atoms with E-state index in [-0.39, 0.29) is 0 Å². The number of halogens is 2. The molecule has 0 nitrogen and oxygen atoms in total. The minimum absolute atomic E-state index is 0.619. The summed E-state index contributed by atoms with van der Waals surface area (Å²) < 4.78 is 11.8. The molecule has 0 atom stereocenters. The highest BCUT2D eigenvalue weighted by molar-refractivity contribution is 14.2. The average Bonchev–Trinajstić information content (AvgIpc) is 1.65. The van der Waals surface area contributed by atoms with E-state index in [0.29, 0.717) is 6.32 Å². The zero-order valence-corrected chi connectivity index (χ0v) is 6.42. The summed E-state index contributed by atoms with van der Waals surface area (Å²) in [6.07, 6.45) is -0.0428. The second-order valence-corrected chi connectivity index (χ2v) is 3.12. The quantitative estimate of drug-likeness (QED) is 0.506. The zero-order chi connectivity index (χ0) is 4.99. The first-order chi connectivity index (χ1) is 2.81. The van der Waals surface area contributed by atoms with Gasteiger partial charge in [0.2, 0.25) is 0 Å². The summed E-state index contributed by atoms with van der Waals surface area (Å²) in [6, 6.07) is 0. The normalized spacial score (nSPS) is 8.50. The fourth-order valence-corrected chi connectivity index (χ4v) is 1.27. The molecule has 0 rings (SSSR count). The second kappa shape index (κ2) is 4.24. The Kier molecular flexibility index (Phi) is 5.00. The summed E-state index contributed by atoms with van der Waals surface area (Å²) in [5.41, 5.74) is 0. The van der Waals surface area contributed by atoms with Crippen LogP contribution in [-0.2, 0) is 0 Å². The van der Waals surface area contributed by atoms with E-state index in [1.165, 1.54) is 8.78 Å². The summed E-state index contributed by atoms with van der Waals surface area (Å²) in [6.45, 7) is 1.83. The molecule has 0 aromatic carbocycles. The van der Waals surface area contributed by atoms with Crippen LogP contribution in [0.1, 0.15) is 6.92 Å². The zero-order valence-electron chi connectivity index (χ0n) is 3.45. The van der Waals surface area contributed by atoms with Gasteiger partial charge in [0, 0.05) is 0 Å². The van der Waals surface area contributed by atoms with Crippen molar-refractivity contribution in [1.82, 2.24) is 0 Å². The highest BCUT2D eigenvalue weighted by Crippen LogP contribution is 2.18. The molecule has 0 aliphatic heterocycles. The molecule has 0 aliphatic rings. The minimum atomic E-state index is -0.661. The van der Waals surface area contributed by atoms with Crippen LogP contribution in [0.5, 0.6) is 0 Å². The van der Waals surface area contributed by atoms with E-state index in [1.54, 1.807) is 0 Å². The molecule has 0 bridgehead atoms. The lowest BCUT2D eigenvalue weighted by Gasteiger charge is -1.85. The van der Waals surface area contributed by atoms with Crippen LogP contribution in [0.25, 0.3) is 0 Å². The van der Waals surface area contributed by atoms with Gasteiger partial charge in [-0.2, -0.15) is 0 Å². The monoisotopic (exact) mass is 218 g/mol. The number of rotatable bonds is 2. The van der Waals surface area contributed by atoms with Crippen LogP contribution >= 0.6 is 30.0 Å². The third kappa shape index (κ3) is 3.27. The molecule has 36 valence electrons. The fourth-order valence-electron chi connectivity index (χ4n) is 0.0630. The van der Waals surface area contributed by atoms with Crippen LogP contribution in [0.3, 0.4) is 0 Å². The molecule has 0 fully saturated rings. The highest BCUT2D eigenvalue weighted by Gasteiger charge is 2.06. The molecule has 0 spiro atoms. The number of hydrogen-bond acceptors (Lipinski definition) is 1. The predicted octanol–water partition coefficient (Wildman–Crippen LogP) is 2.55. The largest absolute Gasteiger partial charge is 0.422 e. The van der Waals surface area contributed by atoms with Gasteiger partial charge in [0.25, 0.3) is 0 Å². The molecule has 0 radical (unpaired) electrons. The van der Waals surface area contributed by atoms with Gasteiger partial charge in [0.05, 0.1) is 0 Å². The first-order valence-corrected chi connectivity index (χ1v) is 5.15. The van der Waals surface area contributed by atoms with Crippen LogP contribution in [0, 0.1) is 0 Å². The van der Waals surface area contributed by atoms with Crippen molar-refractivity contribution >= 4 is 36.3 Å². The molecule has 0 heterocycles. The molecule has 6 heavy (non-hydrogen) atoms. The van der Waals surface area contributed by atoms with Crippen molar-refractivity contribution in [2.45, 2.75) is 13.2 Å². The molecule has 0 aromatic heterocycles. The van der Waals surface area contributed by atoms with E-state index < -0.39 is 6.27 Å². The van der Waals surface area contributed by atoms with Gasteiger partial charge in [-0.15, -0.1) is 0 Å². The van der Waals surface area contributed by atoms with E-state index in [2.05, 4.69) is 0 Å². The lowest BCUT2D eigenvalue weighted by molar-refractivity contribution is 0.854. The Balaban J connectivity index is 2.75. The number of hydrogen-bond donors (Lipinski definition) is 0. The van der Waals surface area contributed by atoms with Crippen LogP contribution in [0.15, 0.2) is 0 Å². The lowest BCUT2D eigenvalue weighted by Crippen LogP contribution is -1.89. The summed E-state index contributed by atoms with van der Waals surface area (Å²) in [4.78, 5) is 0. The Bertz CT molecular complexity index is 32.7. The van der Waals surface area contributed by atoms with Crippen LogP contribution < -0.4 is 0 Å². The Morgan fingerprint density at radius 3 is 2.50 bits per heavy atom. The smallest absolute Gasteiger partial charge is 0.319 e. The van der Waals surface area contributed by atoms with Crippen molar-refractivity contribution < 1.29 is 4.32 Å². The Labute approximate surface area is 53.9 Å². The molecule has 4 heteroatoms. The van der Waals surface area contributed by atoms with E-state index in [4.69, 9.17) is 0 Å². The predicted molar refractivity (Wildman–Crippen MR) is 39.0 cm³/mol.